The molecule has 32 heavy (non-hydrogen) atoms. The van der Waals surface area contributed by atoms with Gasteiger partial charge >= 0.3 is 0 Å². The van der Waals surface area contributed by atoms with E-state index in [1.54, 1.807) is 12.3 Å². The van der Waals surface area contributed by atoms with Gasteiger partial charge in [0.25, 0.3) is 5.91 Å². The van der Waals surface area contributed by atoms with Crippen LogP contribution in [0.5, 0.6) is 0 Å². The molecule has 2 aromatic heterocycles. The number of hydrogen-bond donors (Lipinski definition) is 1. The van der Waals surface area contributed by atoms with Crippen LogP contribution in [0, 0.1) is 0 Å². The van der Waals surface area contributed by atoms with E-state index in [9.17, 15) is 4.79 Å². The molecule has 0 bridgehead atoms. The Morgan fingerprint density at radius 3 is 2.88 bits per heavy atom. The zero-order valence-corrected chi connectivity index (χ0v) is 20.0. The van der Waals surface area contributed by atoms with Gasteiger partial charge in [0.2, 0.25) is 0 Å². The predicted octanol–water partition coefficient (Wildman–Crippen LogP) is 4.32. The number of aromatic nitrogens is 2. The van der Waals surface area contributed by atoms with Gasteiger partial charge in [0.15, 0.2) is 11.2 Å². The van der Waals surface area contributed by atoms with Crippen LogP contribution >= 0.6 is 34.5 Å². The van der Waals surface area contributed by atoms with Crippen LogP contribution in [0.2, 0.25) is 10.0 Å². The van der Waals surface area contributed by atoms with Gasteiger partial charge in [-0.25, -0.2) is 4.98 Å². The molecule has 0 aliphatic carbocycles. The Kier molecular flexibility index (Phi) is 5.65. The molecule has 1 amide bonds. The average Bonchev–Trinajstić information content (AvgIpc) is 3.12. The summed E-state index contributed by atoms with van der Waals surface area (Å²) in [5, 5.41) is 1.71. The van der Waals surface area contributed by atoms with Gasteiger partial charge in [0.1, 0.15) is 5.52 Å². The van der Waals surface area contributed by atoms with Crippen LogP contribution in [-0.2, 0) is 16.0 Å². The number of morpholine rings is 1. The number of thiazole rings is 1. The second kappa shape index (κ2) is 8.33. The first kappa shape index (κ1) is 21.7. The number of hydrogen-bond acceptors (Lipinski definition) is 7. The molecule has 7 nitrogen and oxygen atoms in total. The molecule has 5 rings (SSSR count). The van der Waals surface area contributed by atoms with E-state index in [-0.39, 0.29) is 18.1 Å². The number of ether oxygens (including phenoxy) is 1. The van der Waals surface area contributed by atoms with Crippen molar-refractivity contribution in [2.24, 2.45) is 0 Å². The molecule has 1 aromatic carbocycles. The van der Waals surface area contributed by atoms with Crippen molar-refractivity contribution in [3.8, 4) is 0 Å². The number of amides is 1. The SMILES string of the molecule is C[C@@H]1CN(c2cncc3nc(N)sc23)C[C@H](C(=O)N2CCc3cc(Cl)cc(Cl)c3[C@@H]2C)O1. The van der Waals surface area contributed by atoms with E-state index in [2.05, 4.69) is 14.9 Å². The van der Waals surface area contributed by atoms with E-state index in [0.29, 0.717) is 41.2 Å². The van der Waals surface area contributed by atoms with Gasteiger partial charge in [-0.2, -0.15) is 0 Å². The number of fused-ring (bicyclic) bond motifs is 2. The maximum Gasteiger partial charge on any atom is 0.254 e. The summed E-state index contributed by atoms with van der Waals surface area (Å²) in [6.45, 7) is 5.68. The standard InChI is InChI=1S/C22H23Cl2N5O2S/c1-11-9-28(17-8-26-7-16-20(17)32-22(25)27-16)10-18(31-11)21(30)29-4-3-13-5-14(23)6-15(24)19(13)12(29)2/h5-8,11-12,18H,3-4,9-10H2,1-2H3,(H2,25,27)/t11-,12+,18-/m1/s1. The first-order chi connectivity index (χ1) is 15.3. The highest BCUT2D eigenvalue weighted by molar-refractivity contribution is 7.22. The van der Waals surface area contributed by atoms with Gasteiger partial charge in [-0.05, 0) is 43.5 Å². The highest BCUT2D eigenvalue weighted by Crippen LogP contribution is 2.38. The summed E-state index contributed by atoms with van der Waals surface area (Å²) in [5.41, 5.74) is 9.68. The third-order valence-corrected chi connectivity index (χ3v) is 7.60. The van der Waals surface area contributed by atoms with Crippen molar-refractivity contribution in [2.75, 3.05) is 30.3 Å². The Hall–Kier alpha value is -2.13. The molecule has 3 aromatic rings. The lowest BCUT2D eigenvalue weighted by atomic mass is 9.93. The highest BCUT2D eigenvalue weighted by Gasteiger charge is 2.38. The number of nitrogens with two attached hydrogens (primary N) is 1. The molecular weight excluding hydrogens is 469 g/mol. The summed E-state index contributed by atoms with van der Waals surface area (Å²) in [5.74, 6) is -0.0327. The minimum atomic E-state index is -0.589. The maximum absolute atomic E-state index is 13.6. The van der Waals surface area contributed by atoms with Crippen molar-refractivity contribution in [3.05, 3.63) is 45.7 Å². The smallest absolute Gasteiger partial charge is 0.254 e. The molecule has 1 fully saturated rings. The molecule has 10 heteroatoms. The number of anilines is 2. The second-order valence-electron chi connectivity index (χ2n) is 8.32. The molecule has 0 saturated carbocycles. The Morgan fingerprint density at radius 2 is 2.06 bits per heavy atom. The molecule has 0 spiro atoms. The van der Waals surface area contributed by atoms with Crippen LogP contribution in [-0.4, -0.2) is 52.6 Å². The fourth-order valence-electron chi connectivity index (χ4n) is 4.76. The monoisotopic (exact) mass is 491 g/mol. The van der Waals surface area contributed by atoms with E-state index >= 15 is 0 Å². The van der Waals surface area contributed by atoms with Gasteiger partial charge in [-0.1, -0.05) is 34.5 Å². The number of nitrogens with zero attached hydrogens (tertiary/aromatic N) is 4. The normalized spacial score (nSPS) is 23.4. The minimum absolute atomic E-state index is 0.0327. The molecule has 4 heterocycles. The van der Waals surface area contributed by atoms with Crippen molar-refractivity contribution in [3.63, 3.8) is 0 Å². The van der Waals surface area contributed by atoms with Crippen molar-refractivity contribution >= 4 is 61.5 Å². The van der Waals surface area contributed by atoms with Gasteiger partial charge in [0, 0.05) is 23.1 Å². The van der Waals surface area contributed by atoms with Crippen LogP contribution in [0.1, 0.15) is 31.0 Å². The number of nitrogen functional groups attached to an aromatic ring is 1. The van der Waals surface area contributed by atoms with E-state index in [4.69, 9.17) is 33.7 Å². The van der Waals surface area contributed by atoms with Crippen LogP contribution < -0.4 is 10.6 Å². The van der Waals surface area contributed by atoms with Gasteiger partial charge in [0.05, 0.1) is 41.5 Å². The Balaban J connectivity index is 1.41. The lowest BCUT2D eigenvalue weighted by molar-refractivity contribution is -0.151. The number of halogens is 2. The van der Waals surface area contributed by atoms with Gasteiger partial charge < -0.3 is 20.3 Å². The second-order valence-corrected chi connectivity index (χ2v) is 10.2. The summed E-state index contributed by atoms with van der Waals surface area (Å²) in [6.07, 6.45) is 3.52. The van der Waals surface area contributed by atoms with Crippen molar-refractivity contribution in [2.45, 2.75) is 38.5 Å². The molecule has 0 unspecified atom stereocenters. The van der Waals surface area contributed by atoms with Crippen LogP contribution in [0.25, 0.3) is 10.2 Å². The maximum atomic E-state index is 13.6. The number of pyridine rings is 1. The zero-order valence-electron chi connectivity index (χ0n) is 17.7. The summed E-state index contributed by atoms with van der Waals surface area (Å²) in [7, 11) is 0. The van der Waals surface area contributed by atoms with E-state index in [1.165, 1.54) is 11.3 Å². The van der Waals surface area contributed by atoms with Gasteiger partial charge in [-0.15, -0.1) is 0 Å². The number of carbonyl (C=O) groups is 1. The molecule has 3 atom stereocenters. The third kappa shape index (κ3) is 3.79. The topological polar surface area (TPSA) is 84.6 Å². The Bertz CT molecular complexity index is 1200. The predicted molar refractivity (Wildman–Crippen MR) is 129 cm³/mol. The number of carbonyl (C=O) groups excluding carboxylic acids is 1. The van der Waals surface area contributed by atoms with E-state index in [0.717, 1.165) is 27.0 Å². The van der Waals surface area contributed by atoms with Crippen molar-refractivity contribution in [1.82, 2.24) is 14.9 Å². The summed E-state index contributed by atoms with van der Waals surface area (Å²) in [4.78, 5) is 26.3. The van der Waals surface area contributed by atoms with Crippen molar-refractivity contribution < 1.29 is 9.53 Å². The largest absolute Gasteiger partial charge is 0.375 e. The molecule has 2 aliphatic heterocycles. The lowest BCUT2D eigenvalue weighted by Gasteiger charge is -2.42. The van der Waals surface area contributed by atoms with Crippen molar-refractivity contribution in [1.29, 1.82) is 0 Å². The molecule has 1 saturated heterocycles. The van der Waals surface area contributed by atoms with Crippen LogP contribution in [0.3, 0.4) is 0 Å². The third-order valence-electron chi connectivity index (χ3n) is 6.14. The summed E-state index contributed by atoms with van der Waals surface area (Å²) >= 11 is 14.1. The first-order valence-corrected chi connectivity index (χ1v) is 12.1. The fraction of sp³-hybridized carbons (Fsp3) is 0.409. The fourth-order valence-corrected chi connectivity index (χ4v) is 6.29. The first-order valence-electron chi connectivity index (χ1n) is 10.5. The Labute approximate surface area is 200 Å². The average molecular weight is 492 g/mol. The Morgan fingerprint density at radius 1 is 1.25 bits per heavy atom. The number of benzene rings is 1. The summed E-state index contributed by atoms with van der Waals surface area (Å²) < 4.78 is 7.09. The minimum Gasteiger partial charge on any atom is -0.375 e. The molecule has 2 aliphatic rings. The lowest BCUT2D eigenvalue weighted by Crippen LogP contribution is -2.55. The quantitative estimate of drug-likeness (QED) is 0.574. The highest BCUT2D eigenvalue weighted by atomic mass is 35.5. The number of rotatable bonds is 2. The van der Waals surface area contributed by atoms with Crippen LogP contribution in [0.15, 0.2) is 24.5 Å². The van der Waals surface area contributed by atoms with Gasteiger partial charge in [-0.3, -0.25) is 9.78 Å². The summed E-state index contributed by atoms with van der Waals surface area (Å²) in [6, 6.07) is 3.52. The van der Waals surface area contributed by atoms with E-state index < -0.39 is 6.10 Å². The molecule has 2 N–H and O–H groups in total. The van der Waals surface area contributed by atoms with E-state index in [1.807, 2.05) is 31.0 Å². The zero-order chi connectivity index (χ0) is 22.6. The molecular formula is C22H23Cl2N5O2S. The van der Waals surface area contributed by atoms with Crippen LogP contribution in [0.4, 0.5) is 10.8 Å². The molecule has 0 radical (unpaired) electrons. The molecule has 168 valence electrons.